The average Bonchev–Trinajstić information content (AvgIpc) is 2.98. The highest BCUT2D eigenvalue weighted by Gasteiger charge is 2.08. The molecule has 0 amide bonds. The third-order valence-corrected chi connectivity index (χ3v) is 4.67. The Labute approximate surface area is 152 Å². The van der Waals surface area contributed by atoms with E-state index in [0.717, 1.165) is 34.6 Å². The van der Waals surface area contributed by atoms with Gasteiger partial charge in [0.2, 0.25) is 0 Å². The van der Waals surface area contributed by atoms with Crippen LogP contribution in [-0.2, 0) is 6.54 Å². The first kappa shape index (κ1) is 18.6. The molecule has 126 valence electrons. The zero-order chi connectivity index (χ0) is 16.5. The van der Waals surface area contributed by atoms with Gasteiger partial charge in [-0.3, -0.25) is 0 Å². The van der Waals surface area contributed by atoms with E-state index in [4.69, 9.17) is 16.0 Å². The predicted molar refractivity (Wildman–Crippen MR) is 102 cm³/mol. The summed E-state index contributed by atoms with van der Waals surface area (Å²) in [5.74, 6) is 1.77. The van der Waals surface area contributed by atoms with Gasteiger partial charge in [0.05, 0.1) is 11.6 Å². The molecule has 0 aliphatic carbocycles. The van der Waals surface area contributed by atoms with Gasteiger partial charge in [0, 0.05) is 10.0 Å². The highest BCUT2D eigenvalue weighted by atomic mass is 79.9. The standard InChI is InChI=1S/C19H25BrClNO/c1-2-3-4-5-6-7-12-22-14-16-9-11-19(23-16)17-10-8-15(20)13-18(17)21/h8-11,13,22H,2-7,12,14H2,1H3. The van der Waals surface area contributed by atoms with Gasteiger partial charge in [0.1, 0.15) is 11.5 Å². The lowest BCUT2D eigenvalue weighted by Gasteiger charge is -2.04. The lowest BCUT2D eigenvalue weighted by atomic mass is 10.1. The maximum Gasteiger partial charge on any atom is 0.135 e. The maximum absolute atomic E-state index is 6.27. The minimum atomic E-state index is 0.695. The van der Waals surface area contributed by atoms with Gasteiger partial charge in [0.15, 0.2) is 0 Å². The molecule has 0 bridgehead atoms. The molecule has 1 heterocycles. The van der Waals surface area contributed by atoms with E-state index in [1.54, 1.807) is 0 Å². The van der Waals surface area contributed by atoms with Crippen LogP contribution < -0.4 is 5.32 Å². The van der Waals surface area contributed by atoms with E-state index in [-0.39, 0.29) is 0 Å². The molecule has 2 nitrogen and oxygen atoms in total. The number of rotatable bonds is 10. The molecule has 23 heavy (non-hydrogen) atoms. The van der Waals surface area contributed by atoms with Crippen molar-refractivity contribution in [3.8, 4) is 11.3 Å². The lowest BCUT2D eigenvalue weighted by Crippen LogP contribution is -2.14. The number of benzene rings is 1. The summed E-state index contributed by atoms with van der Waals surface area (Å²) in [6.07, 6.45) is 7.93. The van der Waals surface area contributed by atoms with Crippen LogP contribution in [0.2, 0.25) is 5.02 Å². The summed E-state index contributed by atoms with van der Waals surface area (Å²) >= 11 is 9.68. The van der Waals surface area contributed by atoms with Crippen LogP contribution in [0.3, 0.4) is 0 Å². The van der Waals surface area contributed by atoms with Crippen LogP contribution in [0.1, 0.15) is 51.2 Å². The molecule has 0 atom stereocenters. The van der Waals surface area contributed by atoms with E-state index >= 15 is 0 Å². The van der Waals surface area contributed by atoms with Crippen molar-refractivity contribution in [3.05, 3.63) is 45.6 Å². The fraction of sp³-hybridized carbons (Fsp3) is 0.474. The van der Waals surface area contributed by atoms with Gasteiger partial charge >= 0.3 is 0 Å². The molecule has 2 aromatic rings. The zero-order valence-corrected chi connectivity index (χ0v) is 16.0. The van der Waals surface area contributed by atoms with Gasteiger partial charge in [-0.25, -0.2) is 0 Å². The van der Waals surface area contributed by atoms with Crippen molar-refractivity contribution >= 4 is 27.5 Å². The Morgan fingerprint density at radius 3 is 2.61 bits per heavy atom. The molecule has 2 rings (SSSR count). The molecule has 1 N–H and O–H groups in total. The Bertz CT molecular complexity index is 597. The second-order valence-electron chi connectivity index (χ2n) is 5.83. The van der Waals surface area contributed by atoms with Crippen LogP contribution in [0.25, 0.3) is 11.3 Å². The summed E-state index contributed by atoms with van der Waals surface area (Å²) in [5.41, 5.74) is 0.928. The normalized spacial score (nSPS) is 11.1. The SMILES string of the molecule is CCCCCCCCNCc1ccc(-c2ccc(Br)cc2Cl)o1. The molecule has 0 unspecified atom stereocenters. The van der Waals surface area contributed by atoms with Crippen molar-refractivity contribution in [2.45, 2.75) is 52.0 Å². The van der Waals surface area contributed by atoms with Crippen molar-refractivity contribution in [1.82, 2.24) is 5.32 Å². The summed E-state index contributed by atoms with van der Waals surface area (Å²) in [7, 11) is 0. The van der Waals surface area contributed by atoms with Gasteiger partial charge < -0.3 is 9.73 Å². The third kappa shape index (κ3) is 6.33. The molecule has 1 aromatic carbocycles. The van der Waals surface area contributed by atoms with Gasteiger partial charge in [-0.15, -0.1) is 0 Å². The summed E-state index contributed by atoms with van der Waals surface area (Å²) in [6, 6.07) is 9.83. The Hall–Kier alpha value is -0.770. The van der Waals surface area contributed by atoms with Crippen LogP contribution in [0, 0.1) is 0 Å². The number of unbranched alkanes of at least 4 members (excludes halogenated alkanes) is 5. The third-order valence-electron chi connectivity index (χ3n) is 3.86. The molecule has 0 saturated carbocycles. The van der Waals surface area contributed by atoms with E-state index in [1.807, 2.05) is 30.3 Å². The molecule has 4 heteroatoms. The van der Waals surface area contributed by atoms with E-state index in [1.165, 1.54) is 38.5 Å². The first-order valence-corrected chi connectivity index (χ1v) is 9.62. The fourth-order valence-corrected chi connectivity index (χ4v) is 3.32. The summed E-state index contributed by atoms with van der Waals surface area (Å²) in [5, 5.41) is 4.14. The van der Waals surface area contributed by atoms with Crippen LogP contribution in [-0.4, -0.2) is 6.54 Å². The van der Waals surface area contributed by atoms with Crippen molar-refractivity contribution in [2.24, 2.45) is 0 Å². The lowest BCUT2D eigenvalue weighted by molar-refractivity contribution is 0.485. The highest BCUT2D eigenvalue weighted by Crippen LogP contribution is 2.31. The van der Waals surface area contributed by atoms with E-state index in [0.29, 0.717) is 5.02 Å². The van der Waals surface area contributed by atoms with E-state index < -0.39 is 0 Å². The molecule has 0 fully saturated rings. The molecular formula is C19H25BrClNO. The molecule has 0 aliphatic rings. The average molecular weight is 399 g/mol. The smallest absolute Gasteiger partial charge is 0.135 e. The minimum absolute atomic E-state index is 0.695. The number of furan rings is 1. The topological polar surface area (TPSA) is 25.2 Å². The van der Waals surface area contributed by atoms with Crippen LogP contribution >= 0.6 is 27.5 Å². The number of hydrogen-bond donors (Lipinski definition) is 1. The Morgan fingerprint density at radius 2 is 1.83 bits per heavy atom. The largest absolute Gasteiger partial charge is 0.460 e. The number of halogens is 2. The molecule has 0 spiro atoms. The second kappa shape index (κ2) is 10.2. The van der Waals surface area contributed by atoms with Crippen molar-refractivity contribution < 1.29 is 4.42 Å². The molecule has 1 aromatic heterocycles. The number of nitrogens with one attached hydrogen (secondary N) is 1. The van der Waals surface area contributed by atoms with Gasteiger partial charge in [-0.1, -0.05) is 66.6 Å². The van der Waals surface area contributed by atoms with Crippen molar-refractivity contribution in [1.29, 1.82) is 0 Å². The zero-order valence-electron chi connectivity index (χ0n) is 13.7. The van der Waals surface area contributed by atoms with Gasteiger partial charge in [-0.2, -0.15) is 0 Å². The first-order valence-electron chi connectivity index (χ1n) is 8.45. The number of hydrogen-bond acceptors (Lipinski definition) is 2. The van der Waals surface area contributed by atoms with E-state index in [2.05, 4.69) is 28.2 Å². The first-order chi connectivity index (χ1) is 11.2. The summed E-state index contributed by atoms with van der Waals surface area (Å²) < 4.78 is 6.86. The van der Waals surface area contributed by atoms with Gasteiger partial charge in [-0.05, 0) is 43.3 Å². The maximum atomic E-state index is 6.27. The molecular weight excluding hydrogens is 374 g/mol. The molecule has 0 aliphatic heterocycles. The predicted octanol–water partition coefficient (Wildman–Crippen LogP) is 6.81. The van der Waals surface area contributed by atoms with E-state index in [9.17, 15) is 0 Å². The minimum Gasteiger partial charge on any atom is -0.460 e. The van der Waals surface area contributed by atoms with Crippen LogP contribution in [0.4, 0.5) is 0 Å². The van der Waals surface area contributed by atoms with Crippen molar-refractivity contribution in [2.75, 3.05) is 6.54 Å². The summed E-state index contributed by atoms with van der Waals surface area (Å²) in [4.78, 5) is 0. The highest BCUT2D eigenvalue weighted by molar-refractivity contribution is 9.10. The quantitative estimate of drug-likeness (QED) is 0.444. The monoisotopic (exact) mass is 397 g/mol. The Balaban J connectivity index is 1.73. The van der Waals surface area contributed by atoms with Crippen LogP contribution in [0.5, 0.6) is 0 Å². The molecule has 0 radical (unpaired) electrons. The van der Waals surface area contributed by atoms with Crippen molar-refractivity contribution in [3.63, 3.8) is 0 Å². The second-order valence-corrected chi connectivity index (χ2v) is 7.16. The van der Waals surface area contributed by atoms with Crippen LogP contribution in [0.15, 0.2) is 39.2 Å². The fourth-order valence-electron chi connectivity index (χ4n) is 2.55. The van der Waals surface area contributed by atoms with Gasteiger partial charge in [0.25, 0.3) is 0 Å². The molecule has 0 saturated heterocycles. The summed E-state index contributed by atoms with van der Waals surface area (Å²) in [6.45, 7) is 4.06. The Kier molecular flexibility index (Phi) is 8.21. The Morgan fingerprint density at radius 1 is 1.04 bits per heavy atom.